The second-order valence-corrected chi connectivity index (χ2v) is 4.76. The number of aliphatic hydroxyl groups is 1. The molecule has 0 atom stereocenters. The van der Waals surface area contributed by atoms with Gasteiger partial charge in [-0.2, -0.15) is 0 Å². The van der Waals surface area contributed by atoms with Crippen LogP contribution in [0.3, 0.4) is 0 Å². The summed E-state index contributed by atoms with van der Waals surface area (Å²) in [4.78, 5) is 16.2. The van der Waals surface area contributed by atoms with Crippen LogP contribution in [0.15, 0.2) is 0 Å². The van der Waals surface area contributed by atoms with E-state index in [1.165, 1.54) is 0 Å². The van der Waals surface area contributed by atoms with Crippen LogP contribution in [0.4, 0.5) is 0 Å². The van der Waals surface area contributed by atoms with Crippen molar-refractivity contribution in [2.24, 2.45) is 0 Å². The van der Waals surface area contributed by atoms with Gasteiger partial charge in [-0.15, -0.1) is 0 Å². The molecule has 100 valence electrons. The van der Waals surface area contributed by atoms with Crippen molar-refractivity contribution in [1.82, 2.24) is 9.80 Å². The maximum Gasteiger partial charge on any atom is 0.222 e. The molecule has 0 saturated carbocycles. The van der Waals surface area contributed by atoms with E-state index in [0.29, 0.717) is 12.3 Å². The summed E-state index contributed by atoms with van der Waals surface area (Å²) in [5, 5.41) is 8.91. The molecular weight excluding hydrogens is 216 g/mol. The monoisotopic (exact) mass is 242 g/mol. The highest BCUT2D eigenvalue weighted by Crippen LogP contribution is 2.07. The van der Waals surface area contributed by atoms with E-state index >= 15 is 0 Å². The van der Waals surface area contributed by atoms with E-state index in [2.05, 4.69) is 11.8 Å². The molecule has 1 saturated heterocycles. The van der Waals surface area contributed by atoms with Gasteiger partial charge in [0.1, 0.15) is 0 Å². The molecule has 1 heterocycles. The van der Waals surface area contributed by atoms with Crippen LogP contribution < -0.4 is 0 Å². The van der Waals surface area contributed by atoms with Crippen molar-refractivity contribution in [3.05, 3.63) is 0 Å². The molecule has 0 unspecified atom stereocenters. The third-order valence-corrected chi connectivity index (χ3v) is 3.35. The third-order valence-electron chi connectivity index (χ3n) is 3.35. The first-order valence-electron chi connectivity index (χ1n) is 6.89. The molecule has 1 fully saturated rings. The third kappa shape index (κ3) is 5.50. The second-order valence-electron chi connectivity index (χ2n) is 4.76. The lowest BCUT2D eigenvalue weighted by molar-refractivity contribution is -0.131. The van der Waals surface area contributed by atoms with Crippen LogP contribution in [-0.4, -0.2) is 60.1 Å². The van der Waals surface area contributed by atoms with Crippen molar-refractivity contribution in [1.29, 1.82) is 0 Å². The van der Waals surface area contributed by atoms with Gasteiger partial charge in [-0.25, -0.2) is 0 Å². The summed E-state index contributed by atoms with van der Waals surface area (Å²) in [5.41, 5.74) is 0. The summed E-state index contributed by atoms with van der Waals surface area (Å²) in [6.45, 7) is 6.71. The van der Waals surface area contributed by atoms with Crippen LogP contribution in [0.5, 0.6) is 0 Å². The Bertz CT molecular complexity index is 221. The molecule has 17 heavy (non-hydrogen) atoms. The number of β-amino-alcohol motifs (C(OH)–C–C–N with tert-alkyl or cyclic N) is 1. The van der Waals surface area contributed by atoms with Gasteiger partial charge in [-0.3, -0.25) is 9.69 Å². The molecule has 4 nitrogen and oxygen atoms in total. The molecule has 1 amide bonds. The van der Waals surface area contributed by atoms with Gasteiger partial charge in [0.05, 0.1) is 6.61 Å². The van der Waals surface area contributed by atoms with Gasteiger partial charge in [0.2, 0.25) is 5.91 Å². The fraction of sp³-hybridized carbons (Fsp3) is 0.923. The van der Waals surface area contributed by atoms with Crippen LogP contribution >= 0.6 is 0 Å². The smallest absolute Gasteiger partial charge is 0.222 e. The van der Waals surface area contributed by atoms with E-state index in [-0.39, 0.29) is 6.61 Å². The molecule has 4 heteroatoms. The van der Waals surface area contributed by atoms with Crippen LogP contribution in [0, 0.1) is 0 Å². The Hall–Kier alpha value is -0.610. The number of nitrogens with zero attached hydrogens (tertiary/aromatic N) is 2. The quantitative estimate of drug-likeness (QED) is 0.709. The number of aliphatic hydroxyl groups excluding tert-OH is 1. The Kier molecular flexibility index (Phi) is 7.21. The molecule has 0 aromatic carbocycles. The van der Waals surface area contributed by atoms with Gasteiger partial charge in [0.25, 0.3) is 0 Å². The maximum atomic E-state index is 11.9. The standard InChI is InChI=1S/C13H26N2O2/c1-2-3-4-6-13(17)15-8-5-7-14(9-10-15)11-12-16/h16H,2-12H2,1H3. The Balaban J connectivity index is 2.27. The normalized spacial score (nSPS) is 18.1. The number of unbranched alkanes of at least 4 members (excludes halogenated alkanes) is 2. The molecule has 0 aliphatic carbocycles. The molecule has 0 aromatic rings. The van der Waals surface area contributed by atoms with E-state index in [9.17, 15) is 4.79 Å². The van der Waals surface area contributed by atoms with E-state index in [4.69, 9.17) is 5.11 Å². The minimum atomic E-state index is 0.213. The van der Waals surface area contributed by atoms with Crippen LogP contribution in [0.1, 0.15) is 39.0 Å². The predicted molar refractivity (Wildman–Crippen MR) is 68.9 cm³/mol. The van der Waals surface area contributed by atoms with E-state index < -0.39 is 0 Å². The Morgan fingerprint density at radius 2 is 2.00 bits per heavy atom. The minimum absolute atomic E-state index is 0.213. The summed E-state index contributed by atoms with van der Waals surface area (Å²) in [5.74, 6) is 0.310. The van der Waals surface area contributed by atoms with Crippen molar-refractivity contribution < 1.29 is 9.90 Å². The highest BCUT2D eigenvalue weighted by molar-refractivity contribution is 5.76. The Labute approximate surface area is 105 Å². The second kappa shape index (κ2) is 8.48. The fourth-order valence-electron chi connectivity index (χ4n) is 2.27. The Morgan fingerprint density at radius 3 is 2.71 bits per heavy atom. The summed E-state index contributed by atoms with van der Waals surface area (Å²) in [6.07, 6.45) is 5.06. The number of carbonyl (C=O) groups excluding carboxylic acids is 1. The van der Waals surface area contributed by atoms with Crippen molar-refractivity contribution >= 4 is 5.91 Å². The lowest BCUT2D eigenvalue weighted by Gasteiger charge is -2.21. The fourth-order valence-corrected chi connectivity index (χ4v) is 2.27. The van der Waals surface area contributed by atoms with E-state index in [0.717, 1.165) is 58.4 Å². The lowest BCUT2D eigenvalue weighted by atomic mass is 10.2. The lowest BCUT2D eigenvalue weighted by Crippen LogP contribution is -2.35. The topological polar surface area (TPSA) is 43.8 Å². The van der Waals surface area contributed by atoms with Crippen LogP contribution in [0.25, 0.3) is 0 Å². The van der Waals surface area contributed by atoms with Gasteiger partial charge in [-0.1, -0.05) is 19.8 Å². The van der Waals surface area contributed by atoms with Crippen molar-refractivity contribution in [3.63, 3.8) is 0 Å². The maximum absolute atomic E-state index is 11.9. The van der Waals surface area contributed by atoms with E-state index in [1.54, 1.807) is 0 Å². The Morgan fingerprint density at radius 1 is 1.18 bits per heavy atom. The number of hydrogen-bond acceptors (Lipinski definition) is 3. The largest absolute Gasteiger partial charge is 0.395 e. The molecule has 0 spiro atoms. The van der Waals surface area contributed by atoms with Crippen LogP contribution in [-0.2, 0) is 4.79 Å². The minimum Gasteiger partial charge on any atom is -0.395 e. The van der Waals surface area contributed by atoms with Crippen molar-refractivity contribution in [2.45, 2.75) is 39.0 Å². The number of hydrogen-bond donors (Lipinski definition) is 1. The highest BCUT2D eigenvalue weighted by atomic mass is 16.3. The number of carbonyl (C=O) groups is 1. The van der Waals surface area contributed by atoms with E-state index in [1.807, 2.05) is 4.90 Å². The predicted octanol–water partition coefficient (Wildman–Crippen LogP) is 1.09. The zero-order chi connectivity index (χ0) is 12.5. The number of rotatable bonds is 6. The summed E-state index contributed by atoms with van der Waals surface area (Å²) >= 11 is 0. The molecule has 1 aliphatic rings. The molecule has 1 aliphatic heterocycles. The number of amides is 1. The van der Waals surface area contributed by atoms with Crippen molar-refractivity contribution in [2.75, 3.05) is 39.3 Å². The average Bonchev–Trinajstić information content (AvgIpc) is 2.55. The van der Waals surface area contributed by atoms with Crippen LogP contribution in [0.2, 0.25) is 0 Å². The molecule has 0 bridgehead atoms. The summed E-state index contributed by atoms with van der Waals surface area (Å²) in [7, 11) is 0. The first kappa shape index (κ1) is 14.5. The van der Waals surface area contributed by atoms with Crippen molar-refractivity contribution in [3.8, 4) is 0 Å². The van der Waals surface area contributed by atoms with Gasteiger partial charge in [-0.05, 0) is 19.4 Å². The molecule has 1 rings (SSSR count). The molecular formula is C13H26N2O2. The zero-order valence-corrected chi connectivity index (χ0v) is 11.0. The molecule has 0 aromatic heterocycles. The van der Waals surface area contributed by atoms with Gasteiger partial charge < -0.3 is 10.0 Å². The zero-order valence-electron chi connectivity index (χ0n) is 11.0. The SMILES string of the molecule is CCCCCC(=O)N1CCCN(CCO)CC1. The molecule has 0 radical (unpaired) electrons. The highest BCUT2D eigenvalue weighted by Gasteiger charge is 2.17. The van der Waals surface area contributed by atoms with Gasteiger partial charge >= 0.3 is 0 Å². The van der Waals surface area contributed by atoms with Gasteiger partial charge in [0, 0.05) is 32.6 Å². The first-order chi connectivity index (χ1) is 8.27. The molecule has 1 N–H and O–H groups in total. The first-order valence-corrected chi connectivity index (χ1v) is 6.89. The average molecular weight is 242 g/mol. The summed E-state index contributed by atoms with van der Waals surface area (Å²) < 4.78 is 0. The summed E-state index contributed by atoms with van der Waals surface area (Å²) in [6, 6.07) is 0. The van der Waals surface area contributed by atoms with Gasteiger partial charge in [0.15, 0.2) is 0 Å².